The Balaban J connectivity index is 2.18. The van der Waals surface area contributed by atoms with Crippen molar-refractivity contribution in [3.63, 3.8) is 0 Å². The predicted octanol–water partition coefficient (Wildman–Crippen LogP) is 1.25. The maximum atomic E-state index is 5.88. The van der Waals surface area contributed by atoms with E-state index >= 15 is 0 Å². The molecule has 2 N–H and O–H groups in total. The molecule has 16 heavy (non-hydrogen) atoms. The molecule has 0 atom stereocenters. The van der Waals surface area contributed by atoms with Crippen molar-refractivity contribution in [1.29, 1.82) is 0 Å². The van der Waals surface area contributed by atoms with E-state index in [2.05, 4.69) is 11.0 Å². The summed E-state index contributed by atoms with van der Waals surface area (Å²) in [6, 6.07) is 6.09. The van der Waals surface area contributed by atoms with E-state index in [1.807, 2.05) is 12.1 Å². The molecule has 0 unspecified atom stereocenters. The lowest BCUT2D eigenvalue weighted by Gasteiger charge is -2.29. The molecule has 0 amide bonds. The lowest BCUT2D eigenvalue weighted by Crippen LogP contribution is -2.36. The van der Waals surface area contributed by atoms with E-state index in [-0.39, 0.29) is 0 Å². The summed E-state index contributed by atoms with van der Waals surface area (Å²) >= 11 is 0. The molecule has 0 bridgehead atoms. The van der Waals surface area contributed by atoms with Gasteiger partial charge in [-0.15, -0.1) is 0 Å². The summed E-state index contributed by atoms with van der Waals surface area (Å²) in [5.74, 6) is 0. The van der Waals surface area contributed by atoms with Gasteiger partial charge in [0.25, 0.3) is 0 Å². The van der Waals surface area contributed by atoms with Gasteiger partial charge in [0, 0.05) is 31.6 Å². The monoisotopic (exact) mass is 222 g/mol. The van der Waals surface area contributed by atoms with Crippen molar-refractivity contribution in [3.8, 4) is 0 Å². The van der Waals surface area contributed by atoms with E-state index in [4.69, 9.17) is 15.2 Å². The van der Waals surface area contributed by atoms with Crippen molar-refractivity contribution >= 4 is 11.4 Å². The molecule has 0 aliphatic carbocycles. The molecule has 0 saturated carbocycles. The molecule has 4 heteroatoms. The number of rotatable bonds is 3. The average molecular weight is 222 g/mol. The first-order valence-corrected chi connectivity index (χ1v) is 5.50. The maximum absolute atomic E-state index is 5.88. The van der Waals surface area contributed by atoms with E-state index in [1.165, 1.54) is 0 Å². The number of anilines is 2. The Morgan fingerprint density at radius 2 is 2.06 bits per heavy atom. The molecular weight excluding hydrogens is 204 g/mol. The van der Waals surface area contributed by atoms with Crippen LogP contribution in [0.1, 0.15) is 5.56 Å². The average Bonchev–Trinajstić information content (AvgIpc) is 2.30. The minimum absolute atomic E-state index is 0.600. The van der Waals surface area contributed by atoms with Crippen molar-refractivity contribution < 1.29 is 9.47 Å². The van der Waals surface area contributed by atoms with Gasteiger partial charge in [-0.3, -0.25) is 0 Å². The molecule has 1 aliphatic rings. The van der Waals surface area contributed by atoms with Crippen molar-refractivity contribution in [3.05, 3.63) is 23.8 Å². The molecule has 4 nitrogen and oxygen atoms in total. The van der Waals surface area contributed by atoms with Crippen LogP contribution >= 0.6 is 0 Å². The summed E-state index contributed by atoms with van der Waals surface area (Å²) in [5.41, 5.74) is 8.95. The zero-order valence-electron chi connectivity index (χ0n) is 9.61. The zero-order valence-corrected chi connectivity index (χ0v) is 9.61. The molecule has 1 saturated heterocycles. The molecule has 0 aromatic heterocycles. The van der Waals surface area contributed by atoms with Gasteiger partial charge >= 0.3 is 0 Å². The number of methoxy groups -OCH3 is 1. The fourth-order valence-electron chi connectivity index (χ4n) is 1.95. The quantitative estimate of drug-likeness (QED) is 0.782. The second-order valence-electron chi connectivity index (χ2n) is 3.97. The van der Waals surface area contributed by atoms with Gasteiger partial charge in [-0.05, 0) is 23.8 Å². The first-order valence-electron chi connectivity index (χ1n) is 5.50. The van der Waals surface area contributed by atoms with Crippen molar-refractivity contribution in [2.45, 2.75) is 6.61 Å². The van der Waals surface area contributed by atoms with E-state index < -0.39 is 0 Å². The molecule has 0 radical (unpaired) electrons. The van der Waals surface area contributed by atoms with Crippen molar-refractivity contribution in [1.82, 2.24) is 0 Å². The van der Waals surface area contributed by atoms with Crippen LogP contribution in [0, 0.1) is 0 Å². The number of nitrogens with two attached hydrogens (primary N) is 1. The third kappa shape index (κ3) is 2.65. The fourth-order valence-corrected chi connectivity index (χ4v) is 1.95. The topological polar surface area (TPSA) is 47.7 Å². The molecule has 1 heterocycles. The first kappa shape index (κ1) is 11.2. The normalized spacial score (nSPS) is 16.4. The van der Waals surface area contributed by atoms with Crippen molar-refractivity contribution in [2.24, 2.45) is 0 Å². The lowest BCUT2D eigenvalue weighted by atomic mass is 10.1. The number of nitrogens with zero attached hydrogens (tertiary/aromatic N) is 1. The Labute approximate surface area is 95.9 Å². The van der Waals surface area contributed by atoms with Crippen molar-refractivity contribution in [2.75, 3.05) is 44.0 Å². The molecule has 2 rings (SSSR count). The number of hydrogen-bond donors (Lipinski definition) is 1. The van der Waals surface area contributed by atoms with Crippen LogP contribution in [0.4, 0.5) is 11.4 Å². The van der Waals surface area contributed by atoms with Crippen LogP contribution in [-0.4, -0.2) is 33.4 Å². The summed E-state index contributed by atoms with van der Waals surface area (Å²) in [7, 11) is 1.69. The highest BCUT2D eigenvalue weighted by molar-refractivity contribution is 5.58. The van der Waals surface area contributed by atoms with Gasteiger partial charge in [0.2, 0.25) is 0 Å². The Hall–Kier alpha value is -1.26. The summed E-state index contributed by atoms with van der Waals surface area (Å²) in [5, 5.41) is 0. The van der Waals surface area contributed by atoms with E-state index in [1.54, 1.807) is 7.11 Å². The van der Waals surface area contributed by atoms with Crippen LogP contribution in [0.15, 0.2) is 18.2 Å². The van der Waals surface area contributed by atoms with Crippen LogP contribution in [0.5, 0.6) is 0 Å². The second kappa shape index (κ2) is 5.18. The minimum Gasteiger partial charge on any atom is -0.399 e. The highest BCUT2D eigenvalue weighted by Gasteiger charge is 2.12. The molecule has 1 aromatic carbocycles. The molecule has 88 valence electrons. The first-order chi connectivity index (χ1) is 7.79. The third-order valence-electron chi connectivity index (χ3n) is 2.69. The van der Waals surface area contributed by atoms with Crippen LogP contribution in [0.3, 0.4) is 0 Å². The van der Waals surface area contributed by atoms with Gasteiger partial charge in [0.15, 0.2) is 0 Å². The Kier molecular flexibility index (Phi) is 3.64. The summed E-state index contributed by atoms with van der Waals surface area (Å²) in [4.78, 5) is 2.29. The van der Waals surface area contributed by atoms with E-state index in [9.17, 15) is 0 Å². The summed E-state index contributed by atoms with van der Waals surface area (Å²) in [6.07, 6.45) is 0. The van der Waals surface area contributed by atoms with E-state index in [0.29, 0.717) is 6.61 Å². The number of benzene rings is 1. The molecule has 1 fully saturated rings. The predicted molar refractivity (Wildman–Crippen MR) is 64.6 cm³/mol. The van der Waals surface area contributed by atoms with Gasteiger partial charge in [0.1, 0.15) is 0 Å². The van der Waals surface area contributed by atoms with Gasteiger partial charge in [0.05, 0.1) is 19.8 Å². The Bertz CT molecular complexity index is 349. The molecule has 1 aromatic rings. The number of morpholine rings is 1. The van der Waals surface area contributed by atoms with Gasteiger partial charge in [-0.2, -0.15) is 0 Å². The van der Waals surface area contributed by atoms with Crippen LogP contribution in [-0.2, 0) is 16.1 Å². The number of hydrogen-bond acceptors (Lipinski definition) is 4. The highest BCUT2D eigenvalue weighted by atomic mass is 16.5. The lowest BCUT2D eigenvalue weighted by molar-refractivity contribution is 0.122. The maximum Gasteiger partial charge on any atom is 0.0714 e. The second-order valence-corrected chi connectivity index (χ2v) is 3.97. The van der Waals surface area contributed by atoms with Crippen LogP contribution in [0.2, 0.25) is 0 Å². The zero-order chi connectivity index (χ0) is 11.4. The van der Waals surface area contributed by atoms with Crippen LogP contribution in [0.25, 0.3) is 0 Å². The molecule has 0 spiro atoms. The smallest absolute Gasteiger partial charge is 0.0714 e. The highest BCUT2D eigenvalue weighted by Crippen LogP contribution is 2.22. The molecule has 1 aliphatic heterocycles. The fraction of sp³-hybridized carbons (Fsp3) is 0.500. The Morgan fingerprint density at radius 1 is 1.31 bits per heavy atom. The Morgan fingerprint density at radius 3 is 2.75 bits per heavy atom. The third-order valence-corrected chi connectivity index (χ3v) is 2.69. The SMILES string of the molecule is COCc1cc(N)cc(N2CCOCC2)c1. The minimum atomic E-state index is 0.600. The van der Waals surface area contributed by atoms with E-state index in [0.717, 1.165) is 43.2 Å². The van der Waals surface area contributed by atoms with Gasteiger partial charge < -0.3 is 20.1 Å². The number of ether oxygens (including phenoxy) is 2. The van der Waals surface area contributed by atoms with Gasteiger partial charge in [-0.25, -0.2) is 0 Å². The summed E-state index contributed by atoms with van der Waals surface area (Å²) < 4.78 is 10.5. The standard InChI is InChI=1S/C12H18N2O2/c1-15-9-10-6-11(13)8-12(7-10)14-2-4-16-5-3-14/h6-8H,2-5,9,13H2,1H3. The van der Waals surface area contributed by atoms with Crippen LogP contribution < -0.4 is 10.6 Å². The summed E-state index contributed by atoms with van der Waals surface area (Å²) in [6.45, 7) is 4.02. The largest absolute Gasteiger partial charge is 0.399 e. The number of nitrogen functional groups attached to an aromatic ring is 1. The molecular formula is C12H18N2O2. The van der Waals surface area contributed by atoms with Gasteiger partial charge in [-0.1, -0.05) is 0 Å².